The summed E-state index contributed by atoms with van der Waals surface area (Å²) in [7, 11) is 0. The van der Waals surface area contributed by atoms with Crippen LogP contribution in [-0.4, -0.2) is 25.2 Å². The van der Waals surface area contributed by atoms with Gasteiger partial charge in [-0.2, -0.15) is 0 Å². The lowest BCUT2D eigenvalue weighted by Crippen LogP contribution is -2.29. The largest absolute Gasteiger partial charge is 0.353 e. The molecule has 1 heterocycles. The molecular weight excluding hydrogens is 166 g/mol. The highest BCUT2D eigenvalue weighted by atomic mass is 16.7. The maximum atomic E-state index is 7.28. The molecule has 3 nitrogen and oxygen atoms in total. The number of hydrogen-bond donors (Lipinski definition) is 1. The average molecular weight is 185 g/mol. The molecule has 0 aromatic carbocycles. The molecule has 1 rings (SSSR count). The van der Waals surface area contributed by atoms with Crippen molar-refractivity contribution in [1.82, 2.24) is 0 Å². The number of rotatable bonds is 4. The summed E-state index contributed by atoms with van der Waals surface area (Å²) in [6.07, 6.45) is 3.08. The minimum absolute atomic E-state index is 0.0271. The Morgan fingerprint density at radius 2 is 2.00 bits per heavy atom. The van der Waals surface area contributed by atoms with E-state index in [9.17, 15) is 0 Å². The Kier molecular flexibility index (Phi) is 4.39. The zero-order valence-electron chi connectivity index (χ0n) is 8.51. The molecule has 13 heavy (non-hydrogen) atoms. The van der Waals surface area contributed by atoms with Gasteiger partial charge in [-0.25, -0.2) is 0 Å². The van der Waals surface area contributed by atoms with Gasteiger partial charge in [0.2, 0.25) is 0 Å². The van der Waals surface area contributed by atoms with E-state index in [1.54, 1.807) is 0 Å². The summed E-state index contributed by atoms with van der Waals surface area (Å²) in [5.74, 6) is 0.538. The Balaban J connectivity index is 2.05. The standard InChI is InChI=1S/C10H19NO2/c1-8(11)4-3-5-10-6-12-9(2)13-7-10/h9-11H,3-7H2,1-2H3. The second-order valence-electron chi connectivity index (χ2n) is 3.77. The van der Waals surface area contributed by atoms with Crippen LogP contribution >= 0.6 is 0 Å². The first-order chi connectivity index (χ1) is 6.18. The van der Waals surface area contributed by atoms with Crippen molar-refractivity contribution in [2.24, 2.45) is 5.92 Å². The number of hydrogen-bond acceptors (Lipinski definition) is 3. The van der Waals surface area contributed by atoms with Gasteiger partial charge in [0.15, 0.2) is 6.29 Å². The summed E-state index contributed by atoms with van der Waals surface area (Å²) < 4.78 is 10.7. The van der Waals surface area contributed by atoms with Crippen LogP contribution in [0, 0.1) is 11.3 Å². The van der Waals surface area contributed by atoms with E-state index >= 15 is 0 Å². The van der Waals surface area contributed by atoms with Crippen LogP contribution in [0.3, 0.4) is 0 Å². The fourth-order valence-electron chi connectivity index (χ4n) is 1.46. The highest BCUT2D eigenvalue weighted by Crippen LogP contribution is 2.16. The molecule has 76 valence electrons. The molecule has 0 saturated carbocycles. The topological polar surface area (TPSA) is 42.3 Å². The first-order valence-corrected chi connectivity index (χ1v) is 4.95. The lowest BCUT2D eigenvalue weighted by atomic mass is 10.0. The summed E-state index contributed by atoms with van der Waals surface area (Å²) >= 11 is 0. The quantitative estimate of drug-likeness (QED) is 0.682. The molecule has 0 radical (unpaired) electrons. The van der Waals surface area contributed by atoms with Crippen LogP contribution in [0.1, 0.15) is 33.1 Å². The third-order valence-electron chi connectivity index (χ3n) is 2.30. The summed E-state index contributed by atoms with van der Waals surface area (Å²) in [5, 5.41) is 7.28. The maximum absolute atomic E-state index is 7.28. The monoisotopic (exact) mass is 185 g/mol. The molecule has 0 spiro atoms. The zero-order chi connectivity index (χ0) is 9.68. The van der Waals surface area contributed by atoms with E-state index in [1.165, 1.54) is 0 Å². The second-order valence-corrected chi connectivity index (χ2v) is 3.77. The van der Waals surface area contributed by atoms with Gasteiger partial charge in [-0.3, -0.25) is 0 Å². The van der Waals surface area contributed by atoms with E-state index in [2.05, 4.69) is 0 Å². The molecule has 0 aliphatic carbocycles. The predicted octanol–water partition coefficient (Wildman–Crippen LogP) is 2.21. The van der Waals surface area contributed by atoms with E-state index in [0.717, 1.165) is 38.2 Å². The van der Waals surface area contributed by atoms with Gasteiger partial charge in [0.1, 0.15) is 0 Å². The van der Waals surface area contributed by atoms with Crippen molar-refractivity contribution in [3.63, 3.8) is 0 Å². The Bertz CT molecular complexity index is 162. The Morgan fingerprint density at radius 3 is 2.54 bits per heavy atom. The second kappa shape index (κ2) is 5.35. The van der Waals surface area contributed by atoms with E-state index in [4.69, 9.17) is 14.9 Å². The van der Waals surface area contributed by atoms with Gasteiger partial charge < -0.3 is 14.9 Å². The van der Waals surface area contributed by atoms with Crippen molar-refractivity contribution in [3.05, 3.63) is 0 Å². The van der Waals surface area contributed by atoms with Crippen molar-refractivity contribution >= 4 is 5.71 Å². The maximum Gasteiger partial charge on any atom is 0.154 e. The molecule has 0 bridgehead atoms. The van der Waals surface area contributed by atoms with Gasteiger partial charge in [0, 0.05) is 11.6 Å². The summed E-state index contributed by atoms with van der Waals surface area (Å²) in [6.45, 7) is 5.42. The molecule has 1 saturated heterocycles. The van der Waals surface area contributed by atoms with Crippen LogP contribution in [0.5, 0.6) is 0 Å². The number of nitrogens with one attached hydrogen (secondary N) is 1. The zero-order valence-corrected chi connectivity index (χ0v) is 8.51. The third-order valence-corrected chi connectivity index (χ3v) is 2.30. The molecule has 0 amide bonds. The van der Waals surface area contributed by atoms with E-state index in [1.807, 2.05) is 13.8 Å². The summed E-state index contributed by atoms with van der Waals surface area (Å²) in [6, 6.07) is 0. The van der Waals surface area contributed by atoms with Gasteiger partial charge in [0.25, 0.3) is 0 Å². The van der Waals surface area contributed by atoms with Crippen LogP contribution in [0.25, 0.3) is 0 Å². The van der Waals surface area contributed by atoms with Gasteiger partial charge in [-0.05, 0) is 33.1 Å². The minimum Gasteiger partial charge on any atom is -0.353 e. The average Bonchev–Trinajstić information content (AvgIpc) is 2.08. The van der Waals surface area contributed by atoms with Crippen LogP contribution < -0.4 is 0 Å². The molecule has 1 N–H and O–H groups in total. The van der Waals surface area contributed by atoms with Crippen LogP contribution in [0.2, 0.25) is 0 Å². The molecular formula is C10H19NO2. The SMILES string of the molecule is CC(=N)CCCC1COC(C)OC1. The molecule has 0 aromatic heterocycles. The van der Waals surface area contributed by atoms with Gasteiger partial charge in [-0.1, -0.05) is 0 Å². The van der Waals surface area contributed by atoms with Gasteiger partial charge in [-0.15, -0.1) is 0 Å². The molecule has 0 atom stereocenters. The van der Waals surface area contributed by atoms with Crippen molar-refractivity contribution in [1.29, 1.82) is 5.41 Å². The van der Waals surface area contributed by atoms with Crippen molar-refractivity contribution in [2.45, 2.75) is 39.4 Å². The van der Waals surface area contributed by atoms with Crippen molar-refractivity contribution < 1.29 is 9.47 Å². The van der Waals surface area contributed by atoms with E-state index in [0.29, 0.717) is 5.92 Å². The fraction of sp³-hybridized carbons (Fsp3) is 0.900. The first kappa shape index (κ1) is 10.7. The van der Waals surface area contributed by atoms with Gasteiger partial charge >= 0.3 is 0 Å². The van der Waals surface area contributed by atoms with E-state index < -0.39 is 0 Å². The highest BCUT2D eigenvalue weighted by molar-refractivity contribution is 5.78. The fourth-order valence-corrected chi connectivity index (χ4v) is 1.46. The summed E-state index contributed by atoms with van der Waals surface area (Å²) in [5.41, 5.74) is 0.769. The molecule has 1 aliphatic heterocycles. The Hall–Kier alpha value is -0.410. The summed E-state index contributed by atoms with van der Waals surface area (Å²) in [4.78, 5) is 0. The first-order valence-electron chi connectivity index (χ1n) is 4.95. The van der Waals surface area contributed by atoms with Gasteiger partial charge in [0.05, 0.1) is 13.2 Å². The Labute approximate surface area is 79.9 Å². The highest BCUT2D eigenvalue weighted by Gasteiger charge is 2.18. The molecule has 3 heteroatoms. The molecule has 0 aromatic rings. The van der Waals surface area contributed by atoms with Crippen LogP contribution in [0.4, 0.5) is 0 Å². The normalized spacial score (nSPS) is 28.8. The molecule has 0 unspecified atom stereocenters. The van der Waals surface area contributed by atoms with Crippen LogP contribution in [-0.2, 0) is 9.47 Å². The number of ether oxygens (including phenoxy) is 2. The van der Waals surface area contributed by atoms with E-state index in [-0.39, 0.29) is 6.29 Å². The third kappa shape index (κ3) is 4.39. The smallest absolute Gasteiger partial charge is 0.154 e. The molecule has 1 aliphatic rings. The predicted molar refractivity (Wildman–Crippen MR) is 52.1 cm³/mol. The van der Waals surface area contributed by atoms with Crippen LogP contribution in [0.15, 0.2) is 0 Å². The molecule has 1 fully saturated rings. The lowest BCUT2D eigenvalue weighted by Gasteiger charge is -2.27. The Morgan fingerprint density at radius 1 is 1.38 bits per heavy atom. The van der Waals surface area contributed by atoms with Crippen molar-refractivity contribution in [2.75, 3.05) is 13.2 Å². The minimum atomic E-state index is -0.0271. The van der Waals surface area contributed by atoms with Crippen molar-refractivity contribution in [3.8, 4) is 0 Å². The lowest BCUT2D eigenvalue weighted by molar-refractivity contribution is -0.191.